The van der Waals surface area contributed by atoms with E-state index < -0.39 is 0 Å². The molecule has 0 spiro atoms. The van der Waals surface area contributed by atoms with Crippen molar-refractivity contribution in [1.82, 2.24) is 0 Å². The summed E-state index contributed by atoms with van der Waals surface area (Å²) in [7, 11) is 0. The predicted molar refractivity (Wildman–Crippen MR) is 56.3 cm³/mol. The third-order valence-corrected chi connectivity index (χ3v) is 2.30. The third-order valence-electron chi connectivity index (χ3n) is 1.74. The van der Waals surface area contributed by atoms with Crippen LogP contribution in [0.3, 0.4) is 0 Å². The molecular formula is C10H19Br. The molecule has 0 aromatic carbocycles. The van der Waals surface area contributed by atoms with Crippen molar-refractivity contribution in [3.8, 4) is 0 Å². The zero-order valence-corrected chi connectivity index (χ0v) is 9.07. The topological polar surface area (TPSA) is 0 Å². The maximum Gasteiger partial charge on any atom is 0.00313 e. The predicted octanol–water partition coefficient (Wildman–Crippen LogP) is 4.30. The highest BCUT2D eigenvalue weighted by Gasteiger charge is 1.87. The Kier molecular flexibility index (Phi) is 10.4. The molecule has 0 radical (unpaired) electrons. The van der Waals surface area contributed by atoms with E-state index in [1.54, 1.807) is 0 Å². The first-order chi connectivity index (χ1) is 5.41. The van der Waals surface area contributed by atoms with Gasteiger partial charge in [-0.2, -0.15) is 0 Å². The highest BCUT2D eigenvalue weighted by Crippen LogP contribution is 2.06. The first kappa shape index (κ1) is 11.2. The molecule has 0 atom stereocenters. The van der Waals surface area contributed by atoms with Gasteiger partial charge in [-0.25, -0.2) is 0 Å². The Labute approximate surface area is 79.2 Å². The quantitative estimate of drug-likeness (QED) is 0.340. The fraction of sp³-hybridized carbons (Fsp3) is 0.800. The van der Waals surface area contributed by atoms with Gasteiger partial charge in [0, 0.05) is 5.33 Å². The molecule has 0 unspecified atom stereocenters. The summed E-state index contributed by atoms with van der Waals surface area (Å²) in [6, 6.07) is 0. The lowest BCUT2D eigenvalue weighted by Gasteiger charge is -1.96. The lowest BCUT2D eigenvalue weighted by Crippen LogP contribution is -1.78. The minimum atomic E-state index is 1.17. The molecule has 0 aromatic rings. The van der Waals surface area contributed by atoms with E-state index in [4.69, 9.17) is 0 Å². The molecule has 0 amide bonds. The second-order valence-corrected chi connectivity index (χ2v) is 3.61. The average molecular weight is 219 g/mol. The summed E-state index contributed by atoms with van der Waals surface area (Å²) in [4.78, 5) is 0. The van der Waals surface area contributed by atoms with E-state index in [0.29, 0.717) is 0 Å². The Hall–Kier alpha value is 0.220. The van der Waals surface area contributed by atoms with Gasteiger partial charge in [-0.3, -0.25) is 0 Å². The van der Waals surface area contributed by atoms with E-state index in [1.807, 2.05) is 0 Å². The van der Waals surface area contributed by atoms with Crippen LogP contribution in [0.4, 0.5) is 0 Å². The normalized spacial score (nSPS) is 11.1. The maximum absolute atomic E-state index is 3.43. The summed E-state index contributed by atoms with van der Waals surface area (Å²) < 4.78 is 0. The van der Waals surface area contributed by atoms with E-state index in [9.17, 15) is 0 Å². The highest BCUT2D eigenvalue weighted by molar-refractivity contribution is 9.09. The third kappa shape index (κ3) is 10.2. The summed E-state index contributed by atoms with van der Waals surface area (Å²) in [6.45, 7) is 2.09. The van der Waals surface area contributed by atoms with Crippen LogP contribution in [0.2, 0.25) is 0 Å². The number of hydrogen-bond donors (Lipinski definition) is 0. The van der Waals surface area contributed by atoms with Crippen molar-refractivity contribution >= 4 is 15.9 Å². The van der Waals surface area contributed by atoms with Gasteiger partial charge in [-0.15, -0.1) is 0 Å². The van der Waals surface area contributed by atoms with Gasteiger partial charge in [0.15, 0.2) is 0 Å². The highest BCUT2D eigenvalue weighted by atomic mass is 79.9. The summed E-state index contributed by atoms with van der Waals surface area (Å²) in [6.07, 6.45) is 12.6. The molecule has 11 heavy (non-hydrogen) atoms. The van der Waals surface area contributed by atoms with Crippen molar-refractivity contribution in [3.05, 3.63) is 12.2 Å². The van der Waals surface area contributed by atoms with Gasteiger partial charge in [0.2, 0.25) is 0 Å². The molecule has 0 aliphatic rings. The number of unbranched alkanes of at least 4 members (excludes halogenated alkanes) is 5. The van der Waals surface area contributed by atoms with Gasteiger partial charge in [-0.1, -0.05) is 47.3 Å². The fourth-order valence-corrected chi connectivity index (χ4v) is 1.45. The van der Waals surface area contributed by atoms with Crippen LogP contribution in [0.15, 0.2) is 12.2 Å². The summed E-state index contributed by atoms with van der Waals surface area (Å²) in [5.74, 6) is 0. The molecule has 0 aliphatic carbocycles. The Balaban J connectivity index is 2.79. The van der Waals surface area contributed by atoms with E-state index in [-0.39, 0.29) is 0 Å². The van der Waals surface area contributed by atoms with Crippen LogP contribution in [-0.2, 0) is 0 Å². The van der Waals surface area contributed by atoms with Crippen LogP contribution in [0.5, 0.6) is 0 Å². The molecule has 0 bridgehead atoms. The molecule has 0 saturated heterocycles. The largest absolute Gasteiger partial charge is 0.0928 e. The smallest absolute Gasteiger partial charge is 0.00313 e. The van der Waals surface area contributed by atoms with Crippen LogP contribution in [0, 0.1) is 0 Å². The molecule has 0 aliphatic heterocycles. The second-order valence-electron chi connectivity index (χ2n) is 2.81. The van der Waals surface area contributed by atoms with E-state index in [0.717, 1.165) is 0 Å². The lowest BCUT2D eigenvalue weighted by atomic mass is 10.1. The van der Waals surface area contributed by atoms with Crippen molar-refractivity contribution in [2.75, 3.05) is 5.33 Å². The molecule has 0 aromatic heterocycles. The number of halogens is 1. The number of rotatable bonds is 7. The monoisotopic (exact) mass is 218 g/mol. The van der Waals surface area contributed by atoms with Gasteiger partial charge >= 0.3 is 0 Å². The molecular weight excluding hydrogens is 200 g/mol. The van der Waals surface area contributed by atoms with Crippen LogP contribution in [0.1, 0.15) is 45.4 Å². The van der Waals surface area contributed by atoms with Gasteiger partial charge in [0.05, 0.1) is 0 Å². The van der Waals surface area contributed by atoms with Crippen LogP contribution >= 0.6 is 15.9 Å². The Morgan fingerprint density at radius 3 is 2.27 bits per heavy atom. The second kappa shape index (κ2) is 10.2. The van der Waals surface area contributed by atoms with Crippen LogP contribution in [-0.4, -0.2) is 5.33 Å². The first-order valence-corrected chi connectivity index (χ1v) is 5.71. The molecule has 0 saturated carbocycles. The number of allylic oxidation sites excluding steroid dienone is 2. The minimum Gasteiger partial charge on any atom is -0.0928 e. The SMILES string of the molecule is C/C=C/CCCCCCCBr. The van der Waals surface area contributed by atoms with Gasteiger partial charge in [0.25, 0.3) is 0 Å². The van der Waals surface area contributed by atoms with Crippen molar-refractivity contribution in [2.45, 2.75) is 45.4 Å². The Bertz CT molecular complexity index is 86.9. The molecule has 0 fully saturated rings. The van der Waals surface area contributed by atoms with Crippen molar-refractivity contribution in [3.63, 3.8) is 0 Å². The van der Waals surface area contributed by atoms with Gasteiger partial charge in [0.1, 0.15) is 0 Å². The Morgan fingerprint density at radius 1 is 1.00 bits per heavy atom. The number of alkyl halides is 1. The number of hydrogen-bond acceptors (Lipinski definition) is 0. The average Bonchev–Trinajstić information content (AvgIpc) is 2.03. The van der Waals surface area contributed by atoms with Crippen molar-refractivity contribution < 1.29 is 0 Å². The zero-order chi connectivity index (χ0) is 8.36. The summed E-state index contributed by atoms with van der Waals surface area (Å²) >= 11 is 3.43. The first-order valence-electron chi connectivity index (χ1n) is 4.59. The van der Waals surface area contributed by atoms with Gasteiger partial charge < -0.3 is 0 Å². The van der Waals surface area contributed by atoms with E-state index in [1.165, 1.54) is 43.9 Å². The molecule has 66 valence electrons. The molecule has 0 rings (SSSR count). The van der Waals surface area contributed by atoms with Crippen LogP contribution in [0.25, 0.3) is 0 Å². The molecule has 0 N–H and O–H groups in total. The van der Waals surface area contributed by atoms with E-state index >= 15 is 0 Å². The Morgan fingerprint density at radius 2 is 1.64 bits per heavy atom. The van der Waals surface area contributed by atoms with Crippen LogP contribution < -0.4 is 0 Å². The summed E-state index contributed by atoms with van der Waals surface area (Å²) in [5.41, 5.74) is 0. The fourth-order valence-electron chi connectivity index (χ4n) is 1.05. The molecule has 0 heterocycles. The minimum absolute atomic E-state index is 1.17. The van der Waals surface area contributed by atoms with Crippen molar-refractivity contribution in [2.24, 2.45) is 0 Å². The maximum atomic E-state index is 3.43. The molecule has 1 heteroatoms. The summed E-state index contributed by atoms with van der Waals surface area (Å²) in [5, 5.41) is 1.17. The zero-order valence-electron chi connectivity index (χ0n) is 7.48. The van der Waals surface area contributed by atoms with Gasteiger partial charge in [-0.05, 0) is 26.2 Å². The lowest BCUT2D eigenvalue weighted by molar-refractivity contribution is 0.641. The van der Waals surface area contributed by atoms with E-state index in [2.05, 4.69) is 35.0 Å². The standard InChI is InChI=1S/C10H19Br/c1-2-3-4-5-6-7-8-9-10-11/h2-3H,4-10H2,1H3/b3-2+. The van der Waals surface area contributed by atoms with Crippen molar-refractivity contribution in [1.29, 1.82) is 0 Å². The molecule has 0 nitrogen and oxygen atoms in total.